The number of carbonyl (C=O) groups excluding carboxylic acids is 1. The monoisotopic (exact) mass is 377 g/mol. The lowest BCUT2D eigenvalue weighted by Crippen LogP contribution is -2.46. The summed E-state index contributed by atoms with van der Waals surface area (Å²) in [4.78, 5) is 16.5. The fourth-order valence-electron chi connectivity index (χ4n) is 3.18. The molecular weight excluding hydrogens is 357 g/mol. The number of carbonyl (C=O) groups is 1. The van der Waals surface area contributed by atoms with Gasteiger partial charge in [0.2, 0.25) is 0 Å². The third-order valence-corrected chi connectivity index (χ3v) is 4.72. The Morgan fingerprint density at radius 2 is 1.50 bits per heavy atom. The Bertz CT molecular complexity index is 923. The van der Waals surface area contributed by atoms with E-state index in [1.54, 1.807) is 30.3 Å². The number of benzene rings is 2. The van der Waals surface area contributed by atoms with Crippen molar-refractivity contribution in [1.29, 1.82) is 0 Å². The quantitative estimate of drug-likeness (QED) is 0.757. The van der Waals surface area contributed by atoms with Gasteiger partial charge in [0, 0.05) is 37.4 Å². The molecule has 1 aromatic heterocycles. The van der Waals surface area contributed by atoms with Gasteiger partial charge in [0.05, 0.1) is 0 Å². The Morgan fingerprint density at radius 1 is 0.821 bits per heavy atom. The van der Waals surface area contributed by atoms with Crippen LogP contribution in [0.15, 0.2) is 66.7 Å². The van der Waals surface area contributed by atoms with Crippen molar-refractivity contribution in [2.75, 3.05) is 41.3 Å². The first-order valence-corrected chi connectivity index (χ1v) is 9.15. The van der Waals surface area contributed by atoms with Crippen molar-refractivity contribution in [3.8, 4) is 0 Å². The normalized spacial score (nSPS) is 14.0. The van der Waals surface area contributed by atoms with Crippen LogP contribution in [0.4, 0.5) is 21.7 Å². The number of anilines is 3. The minimum absolute atomic E-state index is 0.212. The highest BCUT2D eigenvalue weighted by Gasteiger charge is 2.19. The Morgan fingerprint density at radius 3 is 2.14 bits per heavy atom. The van der Waals surface area contributed by atoms with Crippen LogP contribution in [0, 0.1) is 5.82 Å². The van der Waals surface area contributed by atoms with E-state index in [4.69, 9.17) is 0 Å². The molecule has 7 heteroatoms. The van der Waals surface area contributed by atoms with E-state index in [-0.39, 0.29) is 11.7 Å². The maximum atomic E-state index is 13.1. The number of hydrogen-bond acceptors (Lipinski definition) is 5. The van der Waals surface area contributed by atoms with Crippen LogP contribution in [-0.4, -0.2) is 42.3 Å². The summed E-state index contributed by atoms with van der Waals surface area (Å²) in [6.45, 7) is 3.23. The van der Waals surface area contributed by atoms with Gasteiger partial charge in [-0.05, 0) is 48.5 Å². The molecule has 0 atom stereocenters. The summed E-state index contributed by atoms with van der Waals surface area (Å²) in [5, 5.41) is 11.1. The minimum Gasteiger partial charge on any atom is -0.368 e. The zero-order valence-corrected chi connectivity index (χ0v) is 15.3. The third-order valence-electron chi connectivity index (χ3n) is 4.72. The van der Waals surface area contributed by atoms with Crippen LogP contribution >= 0.6 is 0 Å². The summed E-state index contributed by atoms with van der Waals surface area (Å²) in [6, 6.07) is 19.2. The van der Waals surface area contributed by atoms with E-state index in [1.165, 1.54) is 12.1 Å². The molecule has 1 aliphatic rings. The highest BCUT2D eigenvalue weighted by molar-refractivity contribution is 6.03. The van der Waals surface area contributed by atoms with E-state index in [9.17, 15) is 9.18 Å². The Kier molecular flexibility index (Phi) is 5.14. The van der Waals surface area contributed by atoms with Crippen LogP contribution in [-0.2, 0) is 0 Å². The number of rotatable bonds is 4. The lowest BCUT2D eigenvalue weighted by molar-refractivity contribution is 0.102. The zero-order valence-electron chi connectivity index (χ0n) is 15.3. The molecule has 0 spiro atoms. The molecule has 142 valence electrons. The molecule has 1 saturated heterocycles. The standard InChI is InChI=1S/C21H20FN5O/c22-17-6-8-18(9-7-17)26-12-14-27(15-13-26)20-11-10-19(24-25-20)23-21(28)16-4-2-1-3-5-16/h1-11H,12-15H2,(H,23,24,28). The first-order valence-electron chi connectivity index (χ1n) is 9.15. The van der Waals surface area contributed by atoms with E-state index in [1.807, 2.05) is 24.3 Å². The second kappa shape index (κ2) is 8.04. The van der Waals surface area contributed by atoms with Crippen LogP contribution in [0.3, 0.4) is 0 Å². The van der Waals surface area contributed by atoms with Crippen LogP contribution in [0.2, 0.25) is 0 Å². The van der Waals surface area contributed by atoms with Gasteiger partial charge in [-0.2, -0.15) is 0 Å². The fraction of sp³-hybridized carbons (Fsp3) is 0.190. The van der Waals surface area contributed by atoms with Crippen LogP contribution in [0.5, 0.6) is 0 Å². The number of aromatic nitrogens is 2. The number of halogens is 1. The first-order chi connectivity index (χ1) is 13.7. The average Bonchev–Trinajstić information content (AvgIpc) is 2.76. The van der Waals surface area contributed by atoms with Gasteiger partial charge in [0.1, 0.15) is 5.82 Å². The SMILES string of the molecule is O=C(Nc1ccc(N2CCN(c3ccc(F)cc3)CC2)nn1)c1ccccc1. The maximum absolute atomic E-state index is 13.1. The molecule has 0 saturated carbocycles. The smallest absolute Gasteiger partial charge is 0.256 e. The second-order valence-electron chi connectivity index (χ2n) is 6.55. The van der Waals surface area contributed by atoms with Gasteiger partial charge < -0.3 is 15.1 Å². The molecule has 2 aromatic carbocycles. The number of amides is 1. The van der Waals surface area contributed by atoms with Gasteiger partial charge >= 0.3 is 0 Å². The summed E-state index contributed by atoms with van der Waals surface area (Å²) in [7, 11) is 0. The third kappa shape index (κ3) is 4.09. The Balaban J connectivity index is 1.34. The number of piperazine rings is 1. The summed E-state index contributed by atoms with van der Waals surface area (Å²) >= 11 is 0. The molecule has 2 heterocycles. The van der Waals surface area contributed by atoms with Crippen molar-refractivity contribution < 1.29 is 9.18 Å². The fourth-order valence-corrected chi connectivity index (χ4v) is 3.18. The molecule has 1 N–H and O–H groups in total. The molecule has 1 aliphatic heterocycles. The number of hydrogen-bond donors (Lipinski definition) is 1. The lowest BCUT2D eigenvalue weighted by atomic mass is 10.2. The minimum atomic E-state index is -0.225. The van der Waals surface area contributed by atoms with Crippen LogP contribution in [0.1, 0.15) is 10.4 Å². The molecule has 0 unspecified atom stereocenters. The van der Waals surface area contributed by atoms with Crippen LogP contribution in [0.25, 0.3) is 0 Å². The summed E-state index contributed by atoms with van der Waals surface area (Å²) in [6.07, 6.45) is 0. The first kappa shape index (κ1) is 17.9. The molecule has 0 bridgehead atoms. The average molecular weight is 377 g/mol. The van der Waals surface area contributed by atoms with Crippen molar-refractivity contribution in [1.82, 2.24) is 10.2 Å². The van der Waals surface area contributed by atoms with Gasteiger partial charge in [-0.3, -0.25) is 4.79 Å². The van der Waals surface area contributed by atoms with Crippen molar-refractivity contribution in [3.05, 3.63) is 78.1 Å². The molecule has 0 aliphatic carbocycles. The molecule has 0 radical (unpaired) electrons. The van der Waals surface area contributed by atoms with Gasteiger partial charge in [-0.1, -0.05) is 18.2 Å². The molecule has 28 heavy (non-hydrogen) atoms. The molecule has 1 amide bonds. The van der Waals surface area contributed by atoms with Gasteiger partial charge in [0.15, 0.2) is 11.6 Å². The molecular formula is C21H20FN5O. The maximum Gasteiger partial charge on any atom is 0.256 e. The topological polar surface area (TPSA) is 61.4 Å². The Hall–Kier alpha value is -3.48. The molecule has 4 rings (SSSR count). The van der Waals surface area contributed by atoms with E-state index in [0.717, 1.165) is 37.7 Å². The largest absolute Gasteiger partial charge is 0.368 e. The van der Waals surface area contributed by atoms with Crippen molar-refractivity contribution in [2.45, 2.75) is 0 Å². The van der Waals surface area contributed by atoms with Gasteiger partial charge in [-0.15, -0.1) is 10.2 Å². The summed E-state index contributed by atoms with van der Waals surface area (Å²) < 4.78 is 13.1. The molecule has 3 aromatic rings. The predicted octanol–water partition coefficient (Wildman–Crippen LogP) is 3.19. The predicted molar refractivity (Wildman–Crippen MR) is 107 cm³/mol. The lowest BCUT2D eigenvalue weighted by Gasteiger charge is -2.36. The van der Waals surface area contributed by atoms with E-state index in [0.29, 0.717) is 11.4 Å². The van der Waals surface area contributed by atoms with Crippen LogP contribution < -0.4 is 15.1 Å². The molecule has 1 fully saturated rings. The highest BCUT2D eigenvalue weighted by atomic mass is 19.1. The Labute approximate surface area is 162 Å². The van der Waals surface area contributed by atoms with E-state index < -0.39 is 0 Å². The second-order valence-corrected chi connectivity index (χ2v) is 6.55. The van der Waals surface area contributed by atoms with Gasteiger partial charge in [0.25, 0.3) is 5.91 Å². The summed E-state index contributed by atoms with van der Waals surface area (Å²) in [5.41, 5.74) is 1.59. The van der Waals surface area contributed by atoms with Gasteiger partial charge in [-0.25, -0.2) is 4.39 Å². The van der Waals surface area contributed by atoms with Crippen molar-refractivity contribution in [2.24, 2.45) is 0 Å². The number of nitrogens with one attached hydrogen (secondary N) is 1. The highest BCUT2D eigenvalue weighted by Crippen LogP contribution is 2.20. The molecule has 6 nitrogen and oxygen atoms in total. The van der Waals surface area contributed by atoms with Crippen molar-refractivity contribution >= 4 is 23.2 Å². The zero-order chi connectivity index (χ0) is 19.3. The van der Waals surface area contributed by atoms with Crippen molar-refractivity contribution in [3.63, 3.8) is 0 Å². The van der Waals surface area contributed by atoms with E-state index in [2.05, 4.69) is 25.3 Å². The summed E-state index contributed by atoms with van der Waals surface area (Å²) in [5.74, 6) is 0.756. The number of nitrogens with zero attached hydrogens (tertiary/aromatic N) is 4. The van der Waals surface area contributed by atoms with E-state index >= 15 is 0 Å².